The second-order valence-electron chi connectivity index (χ2n) is 5.85. The molecule has 1 aromatic carbocycles. The molecule has 4 nitrogen and oxygen atoms in total. The third kappa shape index (κ3) is 4.38. The van der Waals surface area contributed by atoms with Crippen LogP contribution in [0.3, 0.4) is 0 Å². The van der Waals surface area contributed by atoms with Gasteiger partial charge in [-0.15, -0.1) is 11.8 Å². The maximum absolute atomic E-state index is 12.4. The van der Waals surface area contributed by atoms with Crippen LogP contribution in [0, 0.1) is 0 Å². The molecule has 2 heterocycles. The Kier molecular flexibility index (Phi) is 5.43. The number of benzene rings is 1. The van der Waals surface area contributed by atoms with Crippen molar-refractivity contribution in [1.29, 1.82) is 0 Å². The highest BCUT2D eigenvalue weighted by molar-refractivity contribution is 9.10. The number of likely N-dealkylation sites (tertiary alicyclic amines) is 1. The van der Waals surface area contributed by atoms with E-state index in [9.17, 15) is 4.79 Å². The lowest BCUT2D eigenvalue weighted by atomic mass is 9.91. The number of aromatic nitrogens is 2. The van der Waals surface area contributed by atoms with Crippen LogP contribution in [0.1, 0.15) is 24.3 Å². The number of amides is 1. The fourth-order valence-corrected chi connectivity index (χ4v) is 4.31. The van der Waals surface area contributed by atoms with Gasteiger partial charge in [-0.05, 0) is 42.5 Å². The SMILES string of the molecule is Cn1cc(C2CCN(C(=O)CSc3cccc(Br)c3)CC2)cn1. The molecule has 0 bridgehead atoms. The second kappa shape index (κ2) is 7.53. The Balaban J connectivity index is 1.48. The predicted octanol–water partition coefficient (Wildman–Crippen LogP) is 3.68. The Morgan fingerprint density at radius 3 is 2.83 bits per heavy atom. The highest BCUT2D eigenvalue weighted by atomic mass is 79.9. The lowest BCUT2D eigenvalue weighted by Gasteiger charge is -2.31. The quantitative estimate of drug-likeness (QED) is 0.743. The summed E-state index contributed by atoms with van der Waals surface area (Å²) in [6.07, 6.45) is 6.09. The van der Waals surface area contributed by atoms with Crippen molar-refractivity contribution in [1.82, 2.24) is 14.7 Å². The molecule has 23 heavy (non-hydrogen) atoms. The van der Waals surface area contributed by atoms with E-state index in [1.807, 2.05) is 47.1 Å². The van der Waals surface area contributed by atoms with Gasteiger partial charge in [0, 0.05) is 35.7 Å². The van der Waals surface area contributed by atoms with Gasteiger partial charge in [0.15, 0.2) is 0 Å². The Morgan fingerprint density at radius 1 is 1.39 bits per heavy atom. The summed E-state index contributed by atoms with van der Waals surface area (Å²) in [4.78, 5) is 15.5. The number of nitrogens with zero attached hydrogens (tertiary/aromatic N) is 3. The van der Waals surface area contributed by atoms with Crippen molar-refractivity contribution in [3.8, 4) is 0 Å². The molecule has 122 valence electrons. The van der Waals surface area contributed by atoms with E-state index in [4.69, 9.17) is 0 Å². The minimum absolute atomic E-state index is 0.236. The summed E-state index contributed by atoms with van der Waals surface area (Å²) in [6.45, 7) is 1.69. The maximum atomic E-state index is 12.4. The van der Waals surface area contributed by atoms with Gasteiger partial charge in [0.05, 0.1) is 11.9 Å². The molecular weight excluding hydrogens is 374 g/mol. The first-order chi connectivity index (χ1) is 11.1. The van der Waals surface area contributed by atoms with Gasteiger partial charge in [0.1, 0.15) is 0 Å². The smallest absolute Gasteiger partial charge is 0.232 e. The van der Waals surface area contributed by atoms with Gasteiger partial charge in [-0.1, -0.05) is 22.0 Å². The molecule has 0 spiro atoms. The van der Waals surface area contributed by atoms with Crippen LogP contribution in [0.5, 0.6) is 0 Å². The van der Waals surface area contributed by atoms with E-state index in [2.05, 4.69) is 27.2 Å². The lowest BCUT2D eigenvalue weighted by molar-refractivity contribution is -0.129. The molecule has 2 aromatic rings. The van der Waals surface area contributed by atoms with Gasteiger partial charge in [-0.3, -0.25) is 9.48 Å². The predicted molar refractivity (Wildman–Crippen MR) is 96.6 cm³/mol. The molecule has 1 aliphatic heterocycles. The molecule has 0 radical (unpaired) electrons. The molecule has 0 saturated carbocycles. The third-order valence-electron chi connectivity index (χ3n) is 4.20. The van der Waals surface area contributed by atoms with E-state index in [-0.39, 0.29) is 5.91 Å². The van der Waals surface area contributed by atoms with Crippen LogP contribution in [0.25, 0.3) is 0 Å². The van der Waals surface area contributed by atoms with Gasteiger partial charge in [0.25, 0.3) is 0 Å². The maximum Gasteiger partial charge on any atom is 0.232 e. The van der Waals surface area contributed by atoms with Crippen LogP contribution < -0.4 is 0 Å². The Hall–Kier alpha value is -1.27. The van der Waals surface area contributed by atoms with Crippen molar-refractivity contribution in [3.63, 3.8) is 0 Å². The molecule has 0 atom stereocenters. The standard InChI is InChI=1S/C17H20BrN3OS/c1-20-11-14(10-19-20)13-5-7-21(8-6-13)17(22)12-23-16-4-2-3-15(18)9-16/h2-4,9-11,13H,5-8,12H2,1H3. The van der Waals surface area contributed by atoms with Crippen molar-refractivity contribution in [2.24, 2.45) is 7.05 Å². The zero-order chi connectivity index (χ0) is 16.2. The molecule has 1 saturated heterocycles. The summed E-state index contributed by atoms with van der Waals surface area (Å²) in [5.74, 6) is 1.28. The van der Waals surface area contributed by atoms with Crippen LogP contribution in [0.15, 0.2) is 46.0 Å². The fraction of sp³-hybridized carbons (Fsp3) is 0.412. The van der Waals surface area contributed by atoms with E-state index in [1.54, 1.807) is 11.8 Å². The van der Waals surface area contributed by atoms with Crippen LogP contribution in [-0.2, 0) is 11.8 Å². The van der Waals surface area contributed by atoms with E-state index in [1.165, 1.54) is 5.56 Å². The lowest BCUT2D eigenvalue weighted by Crippen LogP contribution is -2.38. The van der Waals surface area contributed by atoms with Crippen molar-refractivity contribution >= 4 is 33.6 Å². The third-order valence-corrected chi connectivity index (χ3v) is 5.67. The van der Waals surface area contributed by atoms with Gasteiger partial charge in [0.2, 0.25) is 5.91 Å². The normalized spacial score (nSPS) is 15.8. The molecule has 1 amide bonds. The van der Waals surface area contributed by atoms with Gasteiger partial charge >= 0.3 is 0 Å². The molecule has 0 aliphatic carbocycles. The number of piperidine rings is 1. The van der Waals surface area contributed by atoms with Crippen LogP contribution >= 0.6 is 27.7 Å². The zero-order valence-corrected chi connectivity index (χ0v) is 15.5. The summed E-state index contributed by atoms with van der Waals surface area (Å²) < 4.78 is 2.90. The Labute approximate surface area is 149 Å². The molecule has 1 aromatic heterocycles. The minimum atomic E-state index is 0.236. The largest absolute Gasteiger partial charge is 0.342 e. The van der Waals surface area contributed by atoms with Gasteiger partial charge < -0.3 is 4.90 Å². The first kappa shape index (κ1) is 16.6. The fourth-order valence-electron chi connectivity index (χ4n) is 2.91. The number of aryl methyl sites for hydroxylation is 1. The molecule has 1 fully saturated rings. The molecule has 6 heteroatoms. The van der Waals surface area contributed by atoms with E-state index in [0.717, 1.165) is 35.3 Å². The van der Waals surface area contributed by atoms with Crippen molar-refractivity contribution in [3.05, 3.63) is 46.7 Å². The number of hydrogen-bond acceptors (Lipinski definition) is 3. The van der Waals surface area contributed by atoms with Crippen molar-refractivity contribution in [2.45, 2.75) is 23.7 Å². The van der Waals surface area contributed by atoms with Crippen molar-refractivity contribution < 1.29 is 4.79 Å². The number of hydrogen-bond donors (Lipinski definition) is 0. The second-order valence-corrected chi connectivity index (χ2v) is 7.81. The topological polar surface area (TPSA) is 38.1 Å². The number of carbonyl (C=O) groups excluding carboxylic acids is 1. The van der Waals surface area contributed by atoms with E-state index >= 15 is 0 Å². The Morgan fingerprint density at radius 2 is 2.17 bits per heavy atom. The first-order valence-corrected chi connectivity index (χ1v) is 9.54. The highest BCUT2D eigenvalue weighted by Gasteiger charge is 2.24. The molecular formula is C17H20BrN3OS. The molecule has 3 rings (SSSR count). The number of rotatable bonds is 4. The van der Waals surface area contributed by atoms with E-state index < -0.39 is 0 Å². The number of thioether (sulfide) groups is 1. The summed E-state index contributed by atoms with van der Waals surface area (Å²) in [5.41, 5.74) is 1.29. The first-order valence-electron chi connectivity index (χ1n) is 7.76. The molecule has 0 N–H and O–H groups in total. The Bertz CT molecular complexity index is 680. The molecule has 1 aliphatic rings. The number of carbonyl (C=O) groups is 1. The van der Waals surface area contributed by atoms with Crippen LogP contribution in [0.4, 0.5) is 0 Å². The van der Waals surface area contributed by atoms with Gasteiger partial charge in [-0.2, -0.15) is 5.10 Å². The monoisotopic (exact) mass is 393 g/mol. The summed E-state index contributed by atoms with van der Waals surface area (Å²) >= 11 is 5.06. The van der Waals surface area contributed by atoms with Crippen LogP contribution in [-0.4, -0.2) is 39.4 Å². The summed E-state index contributed by atoms with van der Waals surface area (Å²) in [7, 11) is 1.95. The van der Waals surface area contributed by atoms with Crippen LogP contribution in [0.2, 0.25) is 0 Å². The summed E-state index contributed by atoms with van der Waals surface area (Å²) in [5, 5.41) is 4.25. The highest BCUT2D eigenvalue weighted by Crippen LogP contribution is 2.28. The summed E-state index contributed by atoms with van der Waals surface area (Å²) in [6, 6.07) is 8.08. The zero-order valence-electron chi connectivity index (χ0n) is 13.1. The molecule has 0 unspecified atom stereocenters. The average Bonchev–Trinajstić information content (AvgIpc) is 2.99. The van der Waals surface area contributed by atoms with Gasteiger partial charge in [-0.25, -0.2) is 0 Å². The number of halogens is 1. The van der Waals surface area contributed by atoms with E-state index in [0.29, 0.717) is 11.7 Å². The average molecular weight is 394 g/mol. The van der Waals surface area contributed by atoms with Crippen molar-refractivity contribution in [2.75, 3.05) is 18.8 Å². The minimum Gasteiger partial charge on any atom is -0.342 e.